The van der Waals surface area contributed by atoms with Gasteiger partial charge in [-0.3, -0.25) is 15.2 Å². The lowest BCUT2D eigenvalue weighted by Gasteiger charge is -2.13. The highest BCUT2D eigenvalue weighted by molar-refractivity contribution is 5.95. The molecule has 1 atom stereocenters. The van der Waals surface area contributed by atoms with Gasteiger partial charge in [0.2, 0.25) is 0 Å². The molecule has 3 N–H and O–H groups in total. The average Bonchev–Trinajstić information content (AvgIpc) is 3.33. The molecule has 0 saturated carbocycles. The van der Waals surface area contributed by atoms with Crippen LogP contribution in [-0.4, -0.2) is 42.9 Å². The van der Waals surface area contributed by atoms with Gasteiger partial charge in [0.25, 0.3) is 0 Å². The molecule has 3 rings (SSSR count). The molecular weight excluding hydrogens is 338 g/mol. The number of amidine groups is 1. The van der Waals surface area contributed by atoms with Crippen LogP contribution >= 0.6 is 0 Å². The molecule has 1 fully saturated rings. The second-order valence-corrected chi connectivity index (χ2v) is 6.58. The van der Waals surface area contributed by atoms with E-state index in [1.807, 2.05) is 31.3 Å². The van der Waals surface area contributed by atoms with Crippen molar-refractivity contribution in [2.45, 2.75) is 26.0 Å². The fourth-order valence-electron chi connectivity index (χ4n) is 3.14. The van der Waals surface area contributed by atoms with Crippen LogP contribution in [0.5, 0.6) is 0 Å². The Morgan fingerprint density at radius 3 is 2.85 bits per heavy atom. The van der Waals surface area contributed by atoms with E-state index in [-0.39, 0.29) is 11.9 Å². The minimum absolute atomic E-state index is 0.129. The molecule has 0 amide bonds. The van der Waals surface area contributed by atoms with Crippen LogP contribution in [0.25, 0.3) is 6.08 Å². The molecule has 2 heterocycles. The Hall–Kier alpha value is -2.70. The van der Waals surface area contributed by atoms with Crippen LogP contribution in [0.3, 0.4) is 0 Å². The lowest BCUT2D eigenvalue weighted by Crippen LogP contribution is -2.30. The number of rotatable bonds is 7. The number of nitrogens with one attached hydrogen (secondary N) is 3. The lowest BCUT2D eigenvalue weighted by atomic mass is 10.1. The number of allylic oxidation sites excluding steroid dienone is 1. The van der Waals surface area contributed by atoms with E-state index >= 15 is 0 Å². The van der Waals surface area contributed by atoms with E-state index in [1.54, 1.807) is 7.05 Å². The molecule has 1 unspecified atom stereocenters. The van der Waals surface area contributed by atoms with E-state index in [2.05, 4.69) is 50.8 Å². The second-order valence-electron chi connectivity index (χ2n) is 6.58. The molecule has 1 aliphatic heterocycles. The molecule has 1 aliphatic rings. The second kappa shape index (κ2) is 9.30. The van der Waals surface area contributed by atoms with Crippen LogP contribution in [0, 0.1) is 5.41 Å². The van der Waals surface area contributed by atoms with Crippen LogP contribution in [0.15, 0.2) is 47.6 Å². The van der Waals surface area contributed by atoms with Gasteiger partial charge < -0.3 is 9.88 Å². The van der Waals surface area contributed by atoms with E-state index in [0.717, 1.165) is 42.9 Å². The monoisotopic (exact) mass is 365 g/mol. The van der Waals surface area contributed by atoms with Gasteiger partial charge in [-0.2, -0.15) is 0 Å². The Morgan fingerprint density at radius 2 is 2.19 bits per heavy atom. The number of aliphatic imine (C=N–C) groups is 1. The molecule has 27 heavy (non-hydrogen) atoms. The van der Waals surface area contributed by atoms with Crippen LogP contribution in [0.4, 0.5) is 0 Å². The van der Waals surface area contributed by atoms with Crippen LogP contribution in [0.1, 0.15) is 35.7 Å². The first kappa shape index (κ1) is 19.1. The highest BCUT2D eigenvalue weighted by Gasteiger charge is 2.15. The number of hydroxylamine groups is 1. The van der Waals surface area contributed by atoms with Crippen molar-refractivity contribution in [2.75, 3.05) is 20.1 Å². The third-order valence-corrected chi connectivity index (χ3v) is 4.57. The summed E-state index contributed by atoms with van der Waals surface area (Å²) in [5.41, 5.74) is 7.00. The zero-order chi connectivity index (χ0) is 19.1. The topological polar surface area (TPSA) is 74.4 Å². The Morgan fingerprint density at radius 1 is 1.37 bits per heavy atom. The number of benzene rings is 1. The van der Waals surface area contributed by atoms with E-state index in [0.29, 0.717) is 0 Å². The first-order chi connectivity index (χ1) is 13.2. The van der Waals surface area contributed by atoms with Gasteiger partial charge in [0.15, 0.2) is 0 Å². The van der Waals surface area contributed by atoms with Gasteiger partial charge in [0.1, 0.15) is 5.84 Å². The highest BCUT2D eigenvalue weighted by Crippen LogP contribution is 2.15. The maximum Gasteiger partial charge on any atom is 0.149 e. The zero-order valence-corrected chi connectivity index (χ0v) is 15.9. The quantitative estimate of drug-likeness (QED) is 0.401. The summed E-state index contributed by atoms with van der Waals surface area (Å²) >= 11 is 0. The number of nitrogens with zero attached hydrogens (tertiary/aromatic N) is 2. The van der Waals surface area contributed by atoms with Crippen molar-refractivity contribution in [3.05, 3.63) is 65.0 Å². The molecule has 0 bridgehead atoms. The summed E-state index contributed by atoms with van der Waals surface area (Å²) < 4.78 is 2.20. The minimum atomic E-state index is 0.129. The largest absolute Gasteiger partial charge is 0.343 e. The SMILES string of the molecule is C/C=C\c1c(/C=N/C)ccn1Cc1ccc(C(=N)NOC2CCNC2)cc1. The maximum absolute atomic E-state index is 8.14. The van der Waals surface area contributed by atoms with Crippen molar-refractivity contribution in [1.29, 1.82) is 5.41 Å². The number of hydrogen-bond donors (Lipinski definition) is 3. The summed E-state index contributed by atoms with van der Waals surface area (Å²) in [6.45, 7) is 4.58. The minimum Gasteiger partial charge on any atom is -0.343 e. The van der Waals surface area contributed by atoms with Gasteiger partial charge >= 0.3 is 0 Å². The normalized spacial score (nSPS) is 17.2. The molecular formula is C21H27N5O. The van der Waals surface area contributed by atoms with E-state index in [4.69, 9.17) is 10.2 Å². The van der Waals surface area contributed by atoms with Crippen LogP contribution in [-0.2, 0) is 11.4 Å². The molecule has 0 aliphatic carbocycles. The van der Waals surface area contributed by atoms with E-state index in [9.17, 15) is 0 Å². The maximum atomic E-state index is 8.14. The number of aromatic nitrogens is 1. The van der Waals surface area contributed by atoms with Gasteiger partial charge in [-0.15, -0.1) is 0 Å². The third-order valence-electron chi connectivity index (χ3n) is 4.57. The average molecular weight is 365 g/mol. The third kappa shape index (κ3) is 4.93. The molecule has 0 radical (unpaired) electrons. The van der Waals surface area contributed by atoms with E-state index < -0.39 is 0 Å². The molecule has 142 valence electrons. The Kier molecular flexibility index (Phi) is 6.57. The van der Waals surface area contributed by atoms with Crippen molar-refractivity contribution in [3.8, 4) is 0 Å². The lowest BCUT2D eigenvalue weighted by molar-refractivity contribution is 0.0227. The Labute approximate surface area is 160 Å². The molecule has 6 heteroatoms. The summed E-state index contributed by atoms with van der Waals surface area (Å²) in [5.74, 6) is 0.283. The fraction of sp³-hybridized carbons (Fsp3) is 0.333. The first-order valence-electron chi connectivity index (χ1n) is 9.25. The van der Waals surface area contributed by atoms with Gasteiger partial charge in [0.05, 0.1) is 6.10 Å². The van der Waals surface area contributed by atoms with Gasteiger partial charge in [-0.25, -0.2) is 5.48 Å². The van der Waals surface area contributed by atoms with Crippen molar-refractivity contribution in [1.82, 2.24) is 15.4 Å². The Bertz CT molecular complexity index is 814. The summed E-state index contributed by atoms with van der Waals surface area (Å²) in [5, 5.41) is 11.4. The summed E-state index contributed by atoms with van der Waals surface area (Å²) in [7, 11) is 1.78. The Balaban J connectivity index is 1.64. The molecule has 1 aromatic carbocycles. The van der Waals surface area contributed by atoms with Crippen molar-refractivity contribution in [3.63, 3.8) is 0 Å². The van der Waals surface area contributed by atoms with Gasteiger partial charge in [0, 0.05) is 49.4 Å². The smallest absolute Gasteiger partial charge is 0.149 e. The standard InChI is InChI=1S/C21H27N5O/c1-3-4-20-18(13-23-2)10-12-26(20)15-16-5-7-17(8-6-16)21(22)25-27-19-9-11-24-14-19/h3-8,10,12-13,19,24H,9,11,14-15H2,1-2H3,(H2,22,25)/b4-3-,23-13+. The summed E-state index contributed by atoms with van der Waals surface area (Å²) in [4.78, 5) is 9.68. The van der Waals surface area contributed by atoms with Crippen LogP contribution in [0.2, 0.25) is 0 Å². The zero-order valence-electron chi connectivity index (χ0n) is 15.9. The number of hydrogen-bond acceptors (Lipinski definition) is 4. The van der Waals surface area contributed by atoms with E-state index in [1.165, 1.54) is 5.56 Å². The highest BCUT2D eigenvalue weighted by atomic mass is 16.7. The molecule has 1 aromatic heterocycles. The first-order valence-corrected chi connectivity index (χ1v) is 9.25. The molecule has 1 saturated heterocycles. The van der Waals surface area contributed by atoms with Crippen molar-refractivity contribution < 1.29 is 4.84 Å². The van der Waals surface area contributed by atoms with Crippen molar-refractivity contribution >= 4 is 18.1 Å². The predicted octanol–water partition coefficient (Wildman–Crippen LogP) is 2.83. The van der Waals surface area contributed by atoms with Crippen LogP contribution < -0.4 is 10.8 Å². The molecule has 0 spiro atoms. The molecule has 2 aromatic rings. The fourth-order valence-corrected chi connectivity index (χ4v) is 3.14. The summed E-state index contributed by atoms with van der Waals surface area (Å²) in [6.07, 6.45) is 9.18. The molecule has 6 nitrogen and oxygen atoms in total. The predicted molar refractivity (Wildman–Crippen MR) is 111 cm³/mol. The van der Waals surface area contributed by atoms with Gasteiger partial charge in [-0.1, -0.05) is 30.3 Å². The summed E-state index contributed by atoms with van der Waals surface area (Å²) in [6, 6.07) is 10.1. The van der Waals surface area contributed by atoms with Gasteiger partial charge in [-0.05, 0) is 37.6 Å². The van der Waals surface area contributed by atoms with Crippen molar-refractivity contribution in [2.24, 2.45) is 4.99 Å².